The maximum atomic E-state index is 11.7. The van der Waals surface area contributed by atoms with E-state index in [1.165, 1.54) is 0 Å². The normalized spacial score (nSPS) is 23.1. The van der Waals surface area contributed by atoms with E-state index in [1.807, 2.05) is 24.0 Å². The first kappa shape index (κ1) is 13.9. The van der Waals surface area contributed by atoms with Crippen molar-refractivity contribution in [3.8, 4) is 0 Å². The highest BCUT2D eigenvalue weighted by Gasteiger charge is 2.39. The molecule has 1 heterocycles. The van der Waals surface area contributed by atoms with Gasteiger partial charge in [-0.1, -0.05) is 12.2 Å². The Kier molecular flexibility index (Phi) is 4.82. The van der Waals surface area contributed by atoms with E-state index in [-0.39, 0.29) is 17.9 Å². The molecular weight excluding hydrogens is 242 g/mol. The van der Waals surface area contributed by atoms with E-state index < -0.39 is 0 Å². The van der Waals surface area contributed by atoms with Crippen molar-refractivity contribution >= 4 is 11.9 Å². The molecule has 1 aliphatic carbocycles. The summed E-state index contributed by atoms with van der Waals surface area (Å²) in [6.45, 7) is 4.00. The molecule has 1 atom stereocenters. The second-order valence-corrected chi connectivity index (χ2v) is 5.34. The van der Waals surface area contributed by atoms with Gasteiger partial charge in [-0.15, -0.1) is 0 Å². The molecule has 1 saturated carbocycles. The molecule has 106 valence electrons. The predicted molar refractivity (Wildman–Crippen MR) is 73.7 cm³/mol. The summed E-state index contributed by atoms with van der Waals surface area (Å²) in [4.78, 5) is 25.3. The van der Waals surface area contributed by atoms with Gasteiger partial charge in [0.2, 0.25) is 5.91 Å². The maximum absolute atomic E-state index is 11.7. The van der Waals surface area contributed by atoms with Crippen LogP contribution in [0.3, 0.4) is 0 Å². The highest BCUT2D eigenvalue weighted by molar-refractivity contribution is 5.79. The monoisotopic (exact) mass is 265 g/mol. The molecule has 2 N–H and O–H groups in total. The van der Waals surface area contributed by atoms with Gasteiger partial charge in [0.1, 0.15) is 0 Å². The van der Waals surface area contributed by atoms with Crippen molar-refractivity contribution in [2.24, 2.45) is 5.92 Å². The molecule has 0 radical (unpaired) electrons. The van der Waals surface area contributed by atoms with Crippen LogP contribution in [0.25, 0.3) is 0 Å². The Morgan fingerprint density at radius 3 is 2.89 bits per heavy atom. The van der Waals surface area contributed by atoms with Crippen molar-refractivity contribution in [3.05, 3.63) is 12.2 Å². The summed E-state index contributed by atoms with van der Waals surface area (Å²) in [5.41, 5.74) is 0. The van der Waals surface area contributed by atoms with Crippen LogP contribution in [-0.2, 0) is 4.79 Å². The van der Waals surface area contributed by atoms with Crippen LogP contribution in [0.4, 0.5) is 4.79 Å². The molecule has 3 amide bonds. The van der Waals surface area contributed by atoms with E-state index in [0.717, 1.165) is 25.8 Å². The fourth-order valence-electron chi connectivity index (χ4n) is 2.42. The number of amides is 3. The van der Waals surface area contributed by atoms with Crippen LogP contribution in [-0.4, -0.2) is 42.5 Å². The summed E-state index contributed by atoms with van der Waals surface area (Å²) in [6.07, 6.45) is 7.71. The zero-order chi connectivity index (χ0) is 13.7. The molecule has 5 heteroatoms. The van der Waals surface area contributed by atoms with Gasteiger partial charge in [0.15, 0.2) is 0 Å². The lowest BCUT2D eigenvalue weighted by Gasteiger charge is -2.15. The Bertz CT molecular complexity index is 364. The van der Waals surface area contributed by atoms with E-state index in [1.54, 1.807) is 0 Å². The number of rotatable bonds is 6. The molecule has 0 aromatic rings. The number of likely N-dealkylation sites (tertiary alicyclic amines) is 1. The quantitative estimate of drug-likeness (QED) is 0.561. The summed E-state index contributed by atoms with van der Waals surface area (Å²) >= 11 is 0. The third kappa shape index (κ3) is 4.26. The van der Waals surface area contributed by atoms with Crippen LogP contribution >= 0.6 is 0 Å². The Morgan fingerprint density at radius 2 is 2.21 bits per heavy atom. The van der Waals surface area contributed by atoms with Crippen LogP contribution in [0.2, 0.25) is 0 Å². The topological polar surface area (TPSA) is 61.4 Å². The van der Waals surface area contributed by atoms with E-state index >= 15 is 0 Å². The minimum atomic E-state index is -0.137. The lowest BCUT2D eigenvalue weighted by molar-refractivity contribution is -0.128. The van der Waals surface area contributed by atoms with Gasteiger partial charge in [-0.25, -0.2) is 4.79 Å². The Balaban J connectivity index is 1.60. The van der Waals surface area contributed by atoms with Crippen LogP contribution in [0.1, 0.15) is 32.6 Å². The third-order valence-corrected chi connectivity index (χ3v) is 3.61. The predicted octanol–water partition coefficient (Wildman–Crippen LogP) is 1.26. The van der Waals surface area contributed by atoms with Crippen LogP contribution in [0.15, 0.2) is 12.2 Å². The molecular formula is C14H23N3O2. The van der Waals surface area contributed by atoms with Gasteiger partial charge in [0.25, 0.3) is 0 Å². The van der Waals surface area contributed by atoms with Crippen molar-refractivity contribution in [1.82, 2.24) is 15.5 Å². The minimum absolute atomic E-state index is 0.137. The summed E-state index contributed by atoms with van der Waals surface area (Å²) in [5.74, 6) is 0.525. The number of carbonyl (C=O) groups excluding carboxylic acids is 2. The first-order valence-corrected chi connectivity index (χ1v) is 7.13. The number of hydrogen-bond donors (Lipinski definition) is 2. The lowest BCUT2D eigenvalue weighted by atomic mass is 10.1. The molecule has 0 spiro atoms. The van der Waals surface area contributed by atoms with Gasteiger partial charge < -0.3 is 15.5 Å². The largest absolute Gasteiger partial charge is 0.339 e. The lowest BCUT2D eigenvalue weighted by Crippen LogP contribution is -2.39. The number of carbonyl (C=O) groups is 2. The van der Waals surface area contributed by atoms with Gasteiger partial charge in [-0.2, -0.15) is 0 Å². The molecule has 2 aliphatic rings. The van der Waals surface area contributed by atoms with Gasteiger partial charge in [-0.3, -0.25) is 4.79 Å². The molecule has 0 aromatic carbocycles. The molecule has 19 heavy (non-hydrogen) atoms. The minimum Gasteiger partial charge on any atom is -0.339 e. The number of nitrogens with one attached hydrogen (secondary N) is 2. The summed E-state index contributed by atoms with van der Waals surface area (Å²) in [7, 11) is 0. The summed E-state index contributed by atoms with van der Waals surface area (Å²) in [5, 5.41) is 5.65. The van der Waals surface area contributed by atoms with Crippen molar-refractivity contribution < 1.29 is 9.59 Å². The zero-order valence-corrected chi connectivity index (χ0v) is 11.5. The number of nitrogens with zero attached hydrogens (tertiary/aromatic N) is 1. The molecule has 2 fully saturated rings. The first-order chi connectivity index (χ1) is 9.20. The van der Waals surface area contributed by atoms with Crippen molar-refractivity contribution in [1.29, 1.82) is 0 Å². The van der Waals surface area contributed by atoms with E-state index in [0.29, 0.717) is 25.6 Å². The van der Waals surface area contributed by atoms with E-state index in [4.69, 9.17) is 0 Å². The van der Waals surface area contributed by atoms with Crippen molar-refractivity contribution in [2.75, 3.05) is 19.6 Å². The highest BCUT2D eigenvalue weighted by Crippen LogP contribution is 2.32. The zero-order valence-electron chi connectivity index (χ0n) is 11.5. The molecule has 5 nitrogen and oxygen atoms in total. The smallest absolute Gasteiger partial charge is 0.314 e. The van der Waals surface area contributed by atoms with E-state index in [2.05, 4.69) is 10.6 Å². The molecule has 1 unspecified atom stereocenters. The molecule has 2 rings (SSSR count). The Labute approximate surface area is 114 Å². The SMILES string of the molecule is C/C=C/CCNC(=O)NCC1CC(=O)N(C2CC2)C1. The second kappa shape index (κ2) is 6.59. The fourth-order valence-corrected chi connectivity index (χ4v) is 2.42. The van der Waals surface area contributed by atoms with Crippen LogP contribution in [0.5, 0.6) is 0 Å². The molecule has 1 saturated heterocycles. The first-order valence-electron chi connectivity index (χ1n) is 7.13. The van der Waals surface area contributed by atoms with Crippen LogP contribution < -0.4 is 10.6 Å². The summed E-state index contributed by atoms with van der Waals surface area (Å²) in [6, 6.07) is 0.356. The highest BCUT2D eigenvalue weighted by atomic mass is 16.2. The standard InChI is InChI=1S/C14H23N3O2/c1-2-3-4-7-15-14(19)16-9-11-8-13(18)17(10-11)12-5-6-12/h2-3,11-12H,4-10H2,1H3,(H2,15,16,19)/b3-2+. The van der Waals surface area contributed by atoms with Crippen molar-refractivity contribution in [3.63, 3.8) is 0 Å². The Hall–Kier alpha value is -1.52. The van der Waals surface area contributed by atoms with Gasteiger partial charge in [0.05, 0.1) is 0 Å². The molecule has 0 bridgehead atoms. The fraction of sp³-hybridized carbons (Fsp3) is 0.714. The van der Waals surface area contributed by atoms with Crippen LogP contribution in [0, 0.1) is 5.92 Å². The maximum Gasteiger partial charge on any atom is 0.314 e. The van der Waals surface area contributed by atoms with Gasteiger partial charge >= 0.3 is 6.03 Å². The summed E-state index contributed by atoms with van der Waals surface area (Å²) < 4.78 is 0. The number of hydrogen-bond acceptors (Lipinski definition) is 2. The molecule has 1 aliphatic heterocycles. The second-order valence-electron chi connectivity index (χ2n) is 5.34. The average Bonchev–Trinajstić information content (AvgIpc) is 3.16. The Morgan fingerprint density at radius 1 is 1.42 bits per heavy atom. The third-order valence-electron chi connectivity index (χ3n) is 3.61. The number of urea groups is 1. The van der Waals surface area contributed by atoms with Gasteiger partial charge in [0, 0.05) is 38.0 Å². The van der Waals surface area contributed by atoms with E-state index in [9.17, 15) is 9.59 Å². The van der Waals surface area contributed by atoms with Gasteiger partial charge in [-0.05, 0) is 26.2 Å². The number of allylic oxidation sites excluding steroid dienone is 1. The molecule has 0 aromatic heterocycles. The average molecular weight is 265 g/mol. The van der Waals surface area contributed by atoms with Crippen molar-refractivity contribution in [2.45, 2.75) is 38.6 Å².